The van der Waals surface area contributed by atoms with Gasteiger partial charge >= 0.3 is 6.36 Å². The summed E-state index contributed by atoms with van der Waals surface area (Å²) in [5.74, 6) is -0.353. The number of aryl methyl sites for hydroxylation is 1. The van der Waals surface area contributed by atoms with Crippen LogP contribution in [0.15, 0.2) is 58.9 Å². The van der Waals surface area contributed by atoms with Crippen LogP contribution in [0.3, 0.4) is 0 Å². The predicted molar refractivity (Wildman–Crippen MR) is 112 cm³/mol. The summed E-state index contributed by atoms with van der Waals surface area (Å²) in [5.41, 5.74) is 3.59. The van der Waals surface area contributed by atoms with Gasteiger partial charge in [0.2, 0.25) is 5.65 Å². The first-order valence-electron chi connectivity index (χ1n) is 10.3. The molecule has 2 heterocycles. The molecule has 1 aliphatic carbocycles. The molecule has 31 heavy (non-hydrogen) atoms. The standard InChI is InChI=1S/C23H20F3N3O2/c24-23(25,26)31-16-10-11-19-20(14-16)28(13-12-15-6-2-1-3-7-15)22(30)21-27-17-8-4-5-9-18(17)29(19)21/h4-6,8-11,14H,1-3,7,12-13H2. The zero-order valence-electron chi connectivity index (χ0n) is 16.7. The van der Waals surface area contributed by atoms with Gasteiger partial charge in [0.15, 0.2) is 0 Å². The van der Waals surface area contributed by atoms with Crippen molar-refractivity contribution in [3.63, 3.8) is 0 Å². The van der Waals surface area contributed by atoms with Gasteiger partial charge in [0, 0.05) is 12.6 Å². The van der Waals surface area contributed by atoms with Crippen molar-refractivity contribution in [3.05, 3.63) is 64.5 Å². The second-order valence-corrected chi connectivity index (χ2v) is 7.77. The number of allylic oxidation sites excluding steroid dienone is 2. The summed E-state index contributed by atoms with van der Waals surface area (Å²) >= 11 is 0. The molecule has 8 heteroatoms. The summed E-state index contributed by atoms with van der Waals surface area (Å²) in [6, 6.07) is 11.4. The van der Waals surface area contributed by atoms with E-state index in [1.165, 1.54) is 22.3 Å². The van der Waals surface area contributed by atoms with E-state index in [0.29, 0.717) is 29.5 Å². The minimum absolute atomic E-state index is 0.260. The van der Waals surface area contributed by atoms with Crippen LogP contribution < -0.4 is 10.3 Å². The zero-order valence-corrected chi connectivity index (χ0v) is 16.7. The Morgan fingerprint density at radius 3 is 2.65 bits per heavy atom. The highest BCUT2D eigenvalue weighted by Crippen LogP contribution is 2.29. The van der Waals surface area contributed by atoms with Gasteiger partial charge in [-0.2, -0.15) is 0 Å². The van der Waals surface area contributed by atoms with Gasteiger partial charge in [0.25, 0.3) is 5.56 Å². The molecule has 0 N–H and O–H groups in total. The van der Waals surface area contributed by atoms with Crippen molar-refractivity contribution >= 4 is 27.7 Å². The second kappa shape index (κ2) is 7.44. The van der Waals surface area contributed by atoms with Crippen molar-refractivity contribution in [2.75, 3.05) is 0 Å². The number of para-hydroxylation sites is 2. The van der Waals surface area contributed by atoms with E-state index in [2.05, 4.69) is 15.8 Å². The molecule has 0 amide bonds. The molecule has 1 aliphatic rings. The minimum atomic E-state index is -4.81. The summed E-state index contributed by atoms with van der Waals surface area (Å²) in [6.45, 7) is 0.371. The smallest absolute Gasteiger partial charge is 0.406 e. The molecular formula is C23H20F3N3O2. The average molecular weight is 427 g/mol. The van der Waals surface area contributed by atoms with Crippen molar-refractivity contribution in [2.24, 2.45) is 0 Å². The molecule has 0 bridgehead atoms. The van der Waals surface area contributed by atoms with Crippen LogP contribution in [0.1, 0.15) is 32.1 Å². The average Bonchev–Trinajstić information content (AvgIpc) is 3.13. The summed E-state index contributed by atoms with van der Waals surface area (Å²) in [6.07, 6.45) is 2.38. The van der Waals surface area contributed by atoms with Crippen LogP contribution in [0.25, 0.3) is 27.7 Å². The Morgan fingerprint density at radius 2 is 1.87 bits per heavy atom. The van der Waals surface area contributed by atoms with E-state index in [-0.39, 0.29) is 17.0 Å². The van der Waals surface area contributed by atoms with Gasteiger partial charge in [-0.1, -0.05) is 23.8 Å². The lowest BCUT2D eigenvalue weighted by Gasteiger charge is -2.17. The van der Waals surface area contributed by atoms with Crippen molar-refractivity contribution < 1.29 is 17.9 Å². The van der Waals surface area contributed by atoms with Gasteiger partial charge in [-0.25, -0.2) is 4.98 Å². The fourth-order valence-corrected chi connectivity index (χ4v) is 4.36. The van der Waals surface area contributed by atoms with Crippen molar-refractivity contribution in [1.29, 1.82) is 0 Å². The minimum Gasteiger partial charge on any atom is -0.406 e. The topological polar surface area (TPSA) is 48.5 Å². The molecule has 0 radical (unpaired) electrons. The van der Waals surface area contributed by atoms with Gasteiger partial charge in [-0.05, 0) is 56.4 Å². The van der Waals surface area contributed by atoms with Gasteiger partial charge in [0.1, 0.15) is 5.75 Å². The van der Waals surface area contributed by atoms with Gasteiger partial charge < -0.3 is 9.30 Å². The first kappa shape index (κ1) is 19.7. The van der Waals surface area contributed by atoms with Gasteiger partial charge in [0.05, 0.1) is 22.1 Å². The lowest BCUT2D eigenvalue weighted by atomic mass is 9.97. The van der Waals surface area contributed by atoms with E-state index >= 15 is 0 Å². The predicted octanol–water partition coefficient (Wildman–Crippen LogP) is 5.59. The van der Waals surface area contributed by atoms with Crippen LogP contribution in [0.2, 0.25) is 0 Å². The molecule has 0 atom stereocenters. The van der Waals surface area contributed by atoms with Gasteiger partial charge in [-0.15, -0.1) is 13.2 Å². The second-order valence-electron chi connectivity index (χ2n) is 7.77. The van der Waals surface area contributed by atoms with Crippen molar-refractivity contribution in [3.8, 4) is 5.75 Å². The molecule has 0 unspecified atom stereocenters. The number of halogens is 3. The lowest BCUT2D eigenvalue weighted by Crippen LogP contribution is -2.24. The Bertz CT molecular complexity index is 1380. The van der Waals surface area contributed by atoms with E-state index in [0.717, 1.165) is 31.2 Å². The van der Waals surface area contributed by atoms with Crippen LogP contribution in [0, 0.1) is 0 Å². The molecular weight excluding hydrogens is 407 g/mol. The first-order chi connectivity index (χ1) is 14.9. The fraction of sp³-hybridized carbons (Fsp3) is 0.304. The highest BCUT2D eigenvalue weighted by molar-refractivity contribution is 5.89. The molecule has 5 nitrogen and oxygen atoms in total. The number of hydrogen-bond acceptors (Lipinski definition) is 3. The zero-order chi connectivity index (χ0) is 21.6. The van der Waals surface area contributed by atoms with Crippen molar-refractivity contribution in [2.45, 2.75) is 45.0 Å². The Balaban J connectivity index is 1.73. The molecule has 5 rings (SSSR count). The van der Waals surface area contributed by atoms with E-state index in [4.69, 9.17) is 0 Å². The number of fused-ring (bicyclic) bond motifs is 5. The highest BCUT2D eigenvalue weighted by atomic mass is 19.4. The third-order valence-electron chi connectivity index (χ3n) is 5.75. The SMILES string of the molecule is O=c1c2nc3ccccc3n2c2ccc(OC(F)(F)F)cc2n1CCC1=CCCCC1. The number of imidazole rings is 1. The number of benzene rings is 2. The van der Waals surface area contributed by atoms with E-state index in [9.17, 15) is 18.0 Å². The van der Waals surface area contributed by atoms with Gasteiger partial charge in [-0.3, -0.25) is 9.20 Å². The maximum atomic E-state index is 13.4. The molecule has 2 aromatic heterocycles. The quantitative estimate of drug-likeness (QED) is 0.399. The van der Waals surface area contributed by atoms with Crippen molar-refractivity contribution in [1.82, 2.24) is 14.0 Å². The summed E-state index contributed by atoms with van der Waals surface area (Å²) in [5, 5.41) is 0. The molecule has 0 spiro atoms. The summed E-state index contributed by atoms with van der Waals surface area (Å²) in [4.78, 5) is 17.9. The molecule has 0 saturated heterocycles. The normalized spacial score (nSPS) is 15.0. The molecule has 160 valence electrons. The van der Waals surface area contributed by atoms with Crippen LogP contribution >= 0.6 is 0 Å². The monoisotopic (exact) mass is 427 g/mol. The Kier molecular flexibility index (Phi) is 4.72. The maximum absolute atomic E-state index is 13.4. The number of nitrogens with zero attached hydrogens (tertiary/aromatic N) is 3. The summed E-state index contributed by atoms with van der Waals surface area (Å²) in [7, 11) is 0. The van der Waals surface area contributed by atoms with Crippen LogP contribution in [-0.4, -0.2) is 20.3 Å². The molecule has 2 aromatic carbocycles. The number of aromatic nitrogens is 3. The molecule has 4 aromatic rings. The Hall–Kier alpha value is -3.29. The number of hydrogen-bond donors (Lipinski definition) is 0. The summed E-state index contributed by atoms with van der Waals surface area (Å²) < 4.78 is 45.8. The number of alkyl halides is 3. The van der Waals surface area contributed by atoms with E-state index in [1.807, 2.05) is 24.3 Å². The Labute approximate surface area is 175 Å². The first-order valence-corrected chi connectivity index (χ1v) is 10.3. The van der Waals surface area contributed by atoms with Crippen LogP contribution in [0.4, 0.5) is 13.2 Å². The Morgan fingerprint density at radius 1 is 1.03 bits per heavy atom. The van der Waals surface area contributed by atoms with E-state index in [1.54, 1.807) is 10.5 Å². The fourth-order valence-electron chi connectivity index (χ4n) is 4.36. The number of rotatable bonds is 4. The third kappa shape index (κ3) is 3.66. The highest BCUT2D eigenvalue weighted by Gasteiger charge is 2.31. The lowest BCUT2D eigenvalue weighted by molar-refractivity contribution is -0.274. The maximum Gasteiger partial charge on any atom is 0.573 e. The van der Waals surface area contributed by atoms with Crippen LogP contribution in [-0.2, 0) is 6.54 Å². The molecule has 0 fully saturated rings. The third-order valence-corrected chi connectivity index (χ3v) is 5.75. The molecule has 0 aliphatic heterocycles. The number of ether oxygens (including phenoxy) is 1. The van der Waals surface area contributed by atoms with Crippen LogP contribution in [0.5, 0.6) is 5.75 Å². The molecule has 0 saturated carbocycles. The van der Waals surface area contributed by atoms with E-state index < -0.39 is 6.36 Å². The largest absolute Gasteiger partial charge is 0.573 e.